The summed E-state index contributed by atoms with van der Waals surface area (Å²) in [6, 6.07) is 8.32. The molecule has 1 aromatic rings. The molecule has 0 spiro atoms. The molecule has 1 aromatic carbocycles. The molecule has 8 heteroatoms. The molecule has 3 N–H and O–H groups in total. The molecule has 1 aliphatic heterocycles. The van der Waals surface area contributed by atoms with Crippen molar-refractivity contribution in [2.24, 2.45) is 11.8 Å². The van der Waals surface area contributed by atoms with Crippen molar-refractivity contribution in [3.05, 3.63) is 47.5 Å². The minimum absolute atomic E-state index is 0.0351. The van der Waals surface area contributed by atoms with E-state index in [0.717, 1.165) is 31.4 Å². The van der Waals surface area contributed by atoms with Gasteiger partial charge in [0.15, 0.2) is 0 Å². The number of amides is 3. The number of aliphatic hydroxyl groups excluding tert-OH is 1. The van der Waals surface area contributed by atoms with Gasteiger partial charge < -0.3 is 20.6 Å². The third kappa shape index (κ3) is 9.44. The second-order valence-corrected chi connectivity index (χ2v) is 12.1. The van der Waals surface area contributed by atoms with Gasteiger partial charge in [-0.15, -0.1) is 0 Å². The third-order valence-electron chi connectivity index (χ3n) is 7.88. The van der Waals surface area contributed by atoms with Crippen LogP contribution in [-0.4, -0.2) is 83.0 Å². The van der Waals surface area contributed by atoms with Crippen LogP contribution in [0.3, 0.4) is 0 Å². The topological polar surface area (TPSA) is 102 Å². The van der Waals surface area contributed by atoms with Crippen molar-refractivity contribution in [2.45, 2.75) is 104 Å². The number of nitrogens with one attached hydrogen (secondary N) is 2. The fourth-order valence-electron chi connectivity index (χ4n) is 5.43. The standard InChI is InChI=1S/C32H52N4O4/c1-21(2)28(18-24(7)30(38)33-26(20-37)19-25-14-10-9-11-15-25)35(8)32(40)29(22(3)4)34-31(39)27-16-12-13-17-36(27)23(5)6/h9-11,14-15,18,21-23,26-29,37H,12-13,16-17,19-20H2,1-8H3,(H,33,38)(H,34,39)/t26-,27+,28+,29-/m0/s1. The average Bonchev–Trinajstić information content (AvgIpc) is 2.93. The summed E-state index contributed by atoms with van der Waals surface area (Å²) in [7, 11) is 1.74. The number of carbonyl (C=O) groups excluding carboxylic acids is 3. The lowest BCUT2D eigenvalue weighted by atomic mass is 9.95. The van der Waals surface area contributed by atoms with E-state index in [0.29, 0.717) is 12.0 Å². The summed E-state index contributed by atoms with van der Waals surface area (Å²) in [6.07, 6.45) is 5.22. The number of carbonyl (C=O) groups is 3. The van der Waals surface area contributed by atoms with Crippen LogP contribution >= 0.6 is 0 Å². The monoisotopic (exact) mass is 556 g/mol. The number of rotatable bonds is 13. The maximum Gasteiger partial charge on any atom is 0.246 e. The van der Waals surface area contributed by atoms with Crippen molar-refractivity contribution >= 4 is 17.7 Å². The lowest BCUT2D eigenvalue weighted by Crippen LogP contribution is -2.58. The zero-order chi connectivity index (χ0) is 30.0. The summed E-state index contributed by atoms with van der Waals surface area (Å²) in [4.78, 5) is 44.1. The zero-order valence-corrected chi connectivity index (χ0v) is 25.8. The summed E-state index contributed by atoms with van der Waals surface area (Å²) < 4.78 is 0. The van der Waals surface area contributed by atoms with Crippen LogP contribution in [0.15, 0.2) is 42.0 Å². The van der Waals surface area contributed by atoms with Gasteiger partial charge in [-0.1, -0.05) is 70.5 Å². The van der Waals surface area contributed by atoms with Crippen LogP contribution in [-0.2, 0) is 20.8 Å². The van der Waals surface area contributed by atoms with Gasteiger partial charge in [-0.05, 0) is 64.0 Å². The van der Waals surface area contributed by atoms with Gasteiger partial charge in [-0.2, -0.15) is 0 Å². The largest absolute Gasteiger partial charge is 0.394 e. The molecular formula is C32H52N4O4. The summed E-state index contributed by atoms with van der Waals surface area (Å²) in [5.41, 5.74) is 1.50. The van der Waals surface area contributed by atoms with Gasteiger partial charge in [-0.3, -0.25) is 19.3 Å². The number of hydrogen-bond donors (Lipinski definition) is 3. The predicted molar refractivity (Wildman–Crippen MR) is 161 cm³/mol. The number of nitrogens with zero attached hydrogens (tertiary/aromatic N) is 2. The second-order valence-electron chi connectivity index (χ2n) is 12.1. The van der Waals surface area contributed by atoms with Crippen LogP contribution in [0.1, 0.15) is 73.3 Å². The van der Waals surface area contributed by atoms with Crippen molar-refractivity contribution < 1.29 is 19.5 Å². The molecule has 1 saturated heterocycles. The molecular weight excluding hydrogens is 504 g/mol. The molecule has 1 aliphatic rings. The Bertz CT molecular complexity index is 992. The van der Waals surface area contributed by atoms with E-state index < -0.39 is 12.1 Å². The highest BCUT2D eigenvalue weighted by atomic mass is 16.3. The molecule has 0 unspecified atom stereocenters. The summed E-state index contributed by atoms with van der Waals surface area (Å²) >= 11 is 0. The maximum atomic E-state index is 13.8. The Morgan fingerprint density at radius 3 is 2.23 bits per heavy atom. The second kappa shape index (κ2) is 15.9. The van der Waals surface area contributed by atoms with E-state index in [1.807, 2.05) is 64.1 Å². The van der Waals surface area contributed by atoms with E-state index in [-0.39, 0.29) is 54.3 Å². The molecule has 0 radical (unpaired) electrons. The highest BCUT2D eigenvalue weighted by molar-refractivity contribution is 5.93. The Kier molecular flexibility index (Phi) is 13.3. The lowest BCUT2D eigenvalue weighted by molar-refractivity contribution is -0.140. The van der Waals surface area contributed by atoms with Gasteiger partial charge in [0.2, 0.25) is 17.7 Å². The molecule has 0 bridgehead atoms. The first-order valence-electron chi connectivity index (χ1n) is 14.8. The van der Waals surface area contributed by atoms with E-state index in [1.54, 1.807) is 18.9 Å². The van der Waals surface area contributed by atoms with E-state index in [2.05, 4.69) is 29.4 Å². The summed E-state index contributed by atoms with van der Waals surface area (Å²) in [5, 5.41) is 15.9. The van der Waals surface area contributed by atoms with Crippen molar-refractivity contribution in [2.75, 3.05) is 20.2 Å². The smallest absolute Gasteiger partial charge is 0.246 e. The van der Waals surface area contributed by atoms with Crippen molar-refractivity contribution in [1.29, 1.82) is 0 Å². The first-order chi connectivity index (χ1) is 18.9. The maximum absolute atomic E-state index is 13.8. The number of benzene rings is 1. The molecule has 1 heterocycles. The fraction of sp³-hybridized carbons (Fsp3) is 0.656. The van der Waals surface area contributed by atoms with Gasteiger partial charge in [0, 0.05) is 18.7 Å². The highest BCUT2D eigenvalue weighted by Crippen LogP contribution is 2.21. The Morgan fingerprint density at radius 2 is 1.68 bits per heavy atom. The number of likely N-dealkylation sites (N-methyl/N-ethyl adjacent to an activating group) is 1. The van der Waals surface area contributed by atoms with Gasteiger partial charge in [0.25, 0.3) is 0 Å². The molecule has 2 rings (SSSR count). The van der Waals surface area contributed by atoms with Gasteiger partial charge >= 0.3 is 0 Å². The van der Waals surface area contributed by atoms with Gasteiger partial charge in [0.1, 0.15) is 6.04 Å². The molecule has 8 nitrogen and oxygen atoms in total. The Hall–Kier alpha value is -2.71. The Balaban J connectivity index is 2.15. The molecule has 0 aliphatic carbocycles. The van der Waals surface area contributed by atoms with Crippen LogP contribution in [0.4, 0.5) is 0 Å². The van der Waals surface area contributed by atoms with Crippen LogP contribution in [0.5, 0.6) is 0 Å². The summed E-state index contributed by atoms with van der Waals surface area (Å²) in [5.74, 6) is -0.598. The normalized spacial score (nSPS) is 18.9. The van der Waals surface area contributed by atoms with Gasteiger partial charge in [0.05, 0.1) is 24.7 Å². The third-order valence-corrected chi connectivity index (χ3v) is 7.88. The minimum Gasteiger partial charge on any atom is -0.394 e. The molecule has 0 aromatic heterocycles. The first-order valence-corrected chi connectivity index (χ1v) is 14.8. The molecule has 3 amide bonds. The quantitative estimate of drug-likeness (QED) is 0.323. The van der Waals surface area contributed by atoms with Crippen LogP contribution in [0.25, 0.3) is 0 Å². The summed E-state index contributed by atoms with van der Waals surface area (Å²) in [6.45, 7) is 14.5. The van der Waals surface area contributed by atoms with Crippen molar-refractivity contribution in [1.82, 2.24) is 20.4 Å². The minimum atomic E-state index is -0.665. The van der Waals surface area contributed by atoms with E-state index in [1.165, 1.54) is 0 Å². The predicted octanol–water partition coefficient (Wildman–Crippen LogP) is 3.54. The molecule has 1 fully saturated rings. The average molecular weight is 557 g/mol. The Morgan fingerprint density at radius 1 is 1.02 bits per heavy atom. The number of piperidine rings is 1. The van der Waals surface area contributed by atoms with Crippen LogP contribution in [0.2, 0.25) is 0 Å². The van der Waals surface area contributed by atoms with Crippen molar-refractivity contribution in [3.63, 3.8) is 0 Å². The lowest BCUT2D eigenvalue weighted by Gasteiger charge is -2.39. The molecule has 4 atom stereocenters. The molecule has 224 valence electrons. The molecule has 0 saturated carbocycles. The van der Waals surface area contributed by atoms with Crippen LogP contribution in [0, 0.1) is 11.8 Å². The van der Waals surface area contributed by atoms with E-state index in [9.17, 15) is 19.5 Å². The number of likely N-dealkylation sites (tertiary alicyclic amines) is 1. The fourth-order valence-corrected chi connectivity index (χ4v) is 5.43. The Labute approximate surface area is 241 Å². The number of aliphatic hydroxyl groups is 1. The van der Waals surface area contributed by atoms with Crippen LogP contribution < -0.4 is 10.6 Å². The molecule has 40 heavy (non-hydrogen) atoms. The first kappa shape index (κ1) is 33.5. The van der Waals surface area contributed by atoms with E-state index in [4.69, 9.17) is 0 Å². The number of hydrogen-bond acceptors (Lipinski definition) is 5. The van der Waals surface area contributed by atoms with Crippen molar-refractivity contribution in [3.8, 4) is 0 Å². The zero-order valence-electron chi connectivity index (χ0n) is 25.8. The van der Waals surface area contributed by atoms with Gasteiger partial charge in [-0.25, -0.2) is 0 Å². The SMILES string of the molecule is CC(=C[C@H](C(C)C)N(C)C(=O)[C@@H](NC(=O)[C@H]1CCCCN1C(C)C)C(C)C)C(=O)N[C@H](CO)Cc1ccccc1. The van der Waals surface area contributed by atoms with E-state index >= 15 is 0 Å². The highest BCUT2D eigenvalue weighted by Gasteiger charge is 2.36.